The molecule has 0 saturated carbocycles. The maximum absolute atomic E-state index is 4.15. The van der Waals surface area contributed by atoms with Crippen LogP contribution in [0.25, 0.3) is 10.7 Å². The molecule has 0 unspecified atom stereocenters. The summed E-state index contributed by atoms with van der Waals surface area (Å²) >= 11 is 1.48. The molecule has 0 fully saturated rings. The van der Waals surface area contributed by atoms with Gasteiger partial charge in [0.05, 0.1) is 11.1 Å². The van der Waals surface area contributed by atoms with Gasteiger partial charge >= 0.3 is 0 Å². The minimum Gasteiger partial charge on any atom is -0.254 e. The number of hydrogen-bond acceptors (Lipinski definition) is 3. The Bertz CT molecular complexity index is 315. The number of rotatable bonds is 1. The molecule has 11 heavy (non-hydrogen) atoms. The summed E-state index contributed by atoms with van der Waals surface area (Å²) < 4.78 is 0. The zero-order valence-corrected chi connectivity index (χ0v) is 6.51. The molecule has 1 radical (unpaired) electrons. The van der Waals surface area contributed by atoms with Crippen LogP contribution in [0.15, 0.2) is 30.6 Å². The van der Waals surface area contributed by atoms with Crippen molar-refractivity contribution < 1.29 is 0 Å². The molecule has 0 bridgehead atoms. The fourth-order valence-electron chi connectivity index (χ4n) is 0.801. The van der Waals surface area contributed by atoms with Gasteiger partial charge < -0.3 is 0 Å². The van der Waals surface area contributed by atoms with Gasteiger partial charge in [0.1, 0.15) is 5.01 Å². The predicted molar refractivity (Wildman–Crippen MR) is 44.2 cm³/mol. The van der Waals surface area contributed by atoms with E-state index in [1.807, 2.05) is 18.2 Å². The second-order valence-corrected chi connectivity index (χ2v) is 2.82. The van der Waals surface area contributed by atoms with Crippen molar-refractivity contribution in [2.45, 2.75) is 0 Å². The molecule has 2 aromatic rings. The highest BCUT2D eigenvalue weighted by molar-refractivity contribution is 7.12. The molecule has 53 valence electrons. The van der Waals surface area contributed by atoms with Crippen molar-refractivity contribution in [2.24, 2.45) is 0 Å². The monoisotopic (exact) mass is 161 g/mol. The largest absolute Gasteiger partial charge is 0.254 e. The third-order valence-electron chi connectivity index (χ3n) is 1.27. The number of thiazole rings is 1. The molecular formula is C8H5N2S. The topological polar surface area (TPSA) is 25.8 Å². The Kier molecular flexibility index (Phi) is 1.65. The fraction of sp³-hybridized carbons (Fsp3) is 0. The molecule has 2 nitrogen and oxygen atoms in total. The molecule has 0 amide bonds. The normalized spacial score (nSPS) is 9.82. The van der Waals surface area contributed by atoms with Crippen molar-refractivity contribution in [3.63, 3.8) is 0 Å². The Labute approximate surface area is 68.6 Å². The average Bonchev–Trinajstić information content (AvgIpc) is 2.58. The Morgan fingerprint density at radius 2 is 2.27 bits per heavy atom. The van der Waals surface area contributed by atoms with Crippen molar-refractivity contribution in [2.75, 3.05) is 0 Å². The Balaban J connectivity index is 2.46. The summed E-state index contributed by atoms with van der Waals surface area (Å²) in [6.45, 7) is 0. The number of aromatic nitrogens is 2. The first-order valence-electron chi connectivity index (χ1n) is 3.20. The minimum atomic E-state index is 0.916. The molecule has 0 saturated heterocycles. The van der Waals surface area contributed by atoms with E-state index in [1.54, 1.807) is 12.4 Å². The van der Waals surface area contributed by atoms with Crippen molar-refractivity contribution >= 4 is 11.3 Å². The third kappa shape index (κ3) is 1.28. The van der Waals surface area contributed by atoms with Gasteiger partial charge in [-0.1, -0.05) is 6.07 Å². The van der Waals surface area contributed by atoms with Gasteiger partial charge in [0.15, 0.2) is 0 Å². The number of nitrogens with zero attached hydrogens (tertiary/aromatic N) is 2. The van der Waals surface area contributed by atoms with E-state index in [4.69, 9.17) is 0 Å². The van der Waals surface area contributed by atoms with Crippen LogP contribution in [0, 0.1) is 5.38 Å². The van der Waals surface area contributed by atoms with E-state index in [2.05, 4.69) is 15.3 Å². The van der Waals surface area contributed by atoms with Gasteiger partial charge in [0, 0.05) is 12.4 Å². The van der Waals surface area contributed by atoms with Gasteiger partial charge in [-0.3, -0.25) is 4.98 Å². The molecule has 0 spiro atoms. The highest BCUT2D eigenvalue weighted by Gasteiger charge is 1.98. The Morgan fingerprint density at radius 1 is 1.27 bits per heavy atom. The second kappa shape index (κ2) is 2.80. The van der Waals surface area contributed by atoms with E-state index in [0.29, 0.717) is 0 Å². The van der Waals surface area contributed by atoms with Crippen LogP contribution in [0.4, 0.5) is 0 Å². The lowest BCUT2D eigenvalue weighted by molar-refractivity contribution is 1.29. The van der Waals surface area contributed by atoms with E-state index in [-0.39, 0.29) is 0 Å². The van der Waals surface area contributed by atoms with Gasteiger partial charge in [-0.15, -0.1) is 11.3 Å². The van der Waals surface area contributed by atoms with Crippen LogP contribution in [0.1, 0.15) is 0 Å². The molecule has 2 heterocycles. The summed E-state index contributed by atoms with van der Waals surface area (Å²) in [7, 11) is 0. The molecule has 0 aliphatic carbocycles. The molecule has 0 aromatic carbocycles. The zero-order chi connectivity index (χ0) is 7.52. The molecular weight excluding hydrogens is 156 g/mol. The average molecular weight is 161 g/mol. The molecule has 0 aliphatic rings. The Hall–Kier alpha value is -1.22. The van der Waals surface area contributed by atoms with E-state index < -0.39 is 0 Å². The molecule has 0 aliphatic heterocycles. The zero-order valence-electron chi connectivity index (χ0n) is 5.69. The van der Waals surface area contributed by atoms with E-state index in [0.717, 1.165) is 10.7 Å². The van der Waals surface area contributed by atoms with Crippen LogP contribution >= 0.6 is 11.3 Å². The second-order valence-electron chi connectivity index (χ2n) is 2.00. The molecule has 0 atom stereocenters. The number of pyridine rings is 1. The quantitative estimate of drug-likeness (QED) is 0.639. The summed E-state index contributed by atoms with van der Waals surface area (Å²) in [6, 6.07) is 5.78. The summed E-state index contributed by atoms with van der Waals surface area (Å²) in [5.41, 5.74) is 0.916. The van der Waals surface area contributed by atoms with Crippen molar-refractivity contribution in [3.8, 4) is 10.7 Å². The molecule has 2 rings (SSSR count). The fourth-order valence-corrected chi connectivity index (χ4v) is 1.35. The summed E-state index contributed by atoms with van der Waals surface area (Å²) in [4.78, 5) is 8.24. The van der Waals surface area contributed by atoms with Crippen LogP contribution in [0.2, 0.25) is 0 Å². The van der Waals surface area contributed by atoms with Crippen molar-refractivity contribution in [1.82, 2.24) is 9.97 Å². The molecule has 0 N–H and O–H groups in total. The summed E-state index contributed by atoms with van der Waals surface area (Å²) in [5, 5.41) is 3.84. The third-order valence-corrected chi connectivity index (χ3v) is 2.01. The smallest absolute Gasteiger partial charge is 0.142 e. The van der Waals surface area contributed by atoms with Crippen LogP contribution in [-0.2, 0) is 0 Å². The highest BCUT2D eigenvalue weighted by atomic mass is 32.1. The first-order valence-corrected chi connectivity index (χ1v) is 4.02. The number of hydrogen-bond donors (Lipinski definition) is 0. The predicted octanol–water partition coefficient (Wildman–Crippen LogP) is 2.01. The summed E-state index contributed by atoms with van der Waals surface area (Å²) in [6.07, 6.45) is 3.42. The highest BCUT2D eigenvalue weighted by Crippen LogP contribution is 2.17. The van der Waals surface area contributed by atoms with Gasteiger partial charge in [0.2, 0.25) is 0 Å². The van der Waals surface area contributed by atoms with E-state index in [9.17, 15) is 0 Å². The van der Waals surface area contributed by atoms with Gasteiger partial charge in [-0.05, 0) is 12.1 Å². The van der Waals surface area contributed by atoms with Crippen molar-refractivity contribution in [1.29, 1.82) is 0 Å². The maximum atomic E-state index is 4.15. The van der Waals surface area contributed by atoms with Gasteiger partial charge in [-0.2, -0.15) is 0 Å². The lowest BCUT2D eigenvalue weighted by Gasteiger charge is -1.90. The van der Waals surface area contributed by atoms with Crippen LogP contribution in [0.5, 0.6) is 0 Å². The maximum Gasteiger partial charge on any atom is 0.142 e. The van der Waals surface area contributed by atoms with Gasteiger partial charge in [-0.25, -0.2) is 4.98 Å². The van der Waals surface area contributed by atoms with Crippen LogP contribution in [-0.4, -0.2) is 9.97 Å². The lowest BCUT2D eigenvalue weighted by atomic mass is 10.4. The lowest BCUT2D eigenvalue weighted by Crippen LogP contribution is -1.78. The Morgan fingerprint density at radius 3 is 2.91 bits per heavy atom. The SMILES string of the molecule is [c]1cnc(-c2ccccn2)s1. The molecule has 2 aromatic heterocycles. The minimum absolute atomic E-state index is 0.916. The van der Waals surface area contributed by atoms with E-state index >= 15 is 0 Å². The van der Waals surface area contributed by atoms with Crippen LogP contribution < -0.4 is 0 Å². The summed E-state index contributed by atoms with van der Waals surface area (Å²) in [5.74, 6) is 0. The first-order chi connectivity index (χ1) is 5.47. The van der Waals surface area contributed by atoms with Crippen LogP contribution in [0.3, 0.4) is 0 Å². The van der Waals surface area contributed by atoms with E-state index in [1.165, 1.54) is 11.3 Å². The van der Waals surface area contributed by atoms with Gasteiger partial charge in [0.25, 0.3) is 0 Å². The standard InChI is InChI=1S/C8H5N2S/c1-2-4-9-7(3-1)8-10-5-6-11-8/h1-5H. The van der Waals surface area contributed by atoms with Crippen molar-refractivity contribution in [3.05, 3.63) is 36.0 Å². The molecule has 3 heteroatoms. The first kappa shape index (κ1) is 6.49.